The van der Waals surface area contributed by atoms with Gasteiger partial charge in [-0.1, -0.05) is 43.7 Å². The molecule has 1 aliphatic carbocycles. The molecule has 2 aromatic rings. The Hall–Kier alpha value is -2.82. The van der Waals surface area contributed by atoms with E-state index in [9.17, 15) is 9.59 Å². The second-order valence-corrected chi connectivity index (χ2v) is 7.03. The van der Waals surface area contributed by atoms with E-state index >= 15 is 0 Å². The molecule has 0 saturated heterocycles. The summed E-state index contributed by atoms with van der Waals surface area (Å²) >= 11 is 0. The largest absolute Gasteiger partial charge is 0.455 e. The number of amides is 2. The van der Waals surface area contributed by atoms with Gasteiger partial charge in [-0.3, -0.25) is 9.59 Å². The second-order valence-electron chi connectivity index (χ2n) is 7.03. The first-order chi connectivity index (χ1) is 13.1. The maximum atomic E-state index is 12.9. The Labute approximate surface area is 160 Å². The van der Waals surface area contributed by atoms with Crippen LogP contribution in [0.15, 0.2) is 54.6 Å². The van der Waals surface area contributed by atoms with E-state index < -0.39 is 5.41 Å². The van der Waals surface area contributed by atoms with Crippen LogP contribution in [0.5, 0.6) is 11.5 Å². The average Bonchev–Trinajstić information content (AvgIpc) is 3.50. The van der Waals surface area contributed by atoms with Crippen molar-refractivity contribution in [2.45, 2.75) is 32.6 Å². The number of rotatable bonds is 8. The minimum Gasteiger partial charge on any atom is -0.455 e. The molecule has 2 aromatic carbocycles. The van der Waals surface area contributed by atoms with E-state index in [1.54, 1.807) is 24.1 Å². The smallest absolute Gasteiger partial charge is 0.240 e. The quantitative estimate of drug-likeness (QED) is 0.702. The van der Waals surface area contributed by atoms with Gasteiger partial charge in [-0.25, -0.2) is 0 Å². The Balaban J connectivity index is 1.72. The van der Waals surface area contributed by atoms with Crippen LogP contribution in [-0.4, -0.2) is 30.3 Å². The molecular formula is C22H26N2O3. The zero-order valence-electron chi connectivity index (χ0n) is 15.9. The lowest BCUT2D eigenvalue weighted by molar-refractivity contribution is -0.141. The van der Waals surface area contributed by atoms with Crippen molar-refractivity contribution in [2.75, 3.05) is 18.9 Å². The molecule has 0 aromatic heterocycles. The van der Waals surface area contributed by atoms with Crippen LogP contribution in [0, 0.1) is 5.41 Å². The van der Waals surface area contributed by atoms with E-state index in [-0.39, 0.29) is 11.8 Å². The number of anilines is 1. The number of hydrogen-bond donors (Lipinski definition) is 1. The van der Waals surface area contributed by atoms with E-state index in [2.05, 4.69) is 12.2 Å². The molecule has 5 nitrogen and oxygen atoms in total. The number of ether oxygens (including phenoxy) is 1. The summed E-state index contributed by atoms with van der Waals surface area (Å²) in [4.78, 5) is 27.4. The van der Waals surface area contributed by atoms with Crippen molar-refractivity contribution in [2.24, 2.45) is 5.41 Å². The molecule has 1 fully saturated rings. The summed E-state index contributed by atoms with van der Waals surface area (Å²) in [5.74, 6) is 0.908. The molecule has 3 rings (SSSR count). The first-order valence-electron chi connectivity index (χ1n) is 9.46. The zero-order chi connectivity index (χ0) is 19.3. The Bertz CT molecular complexity index is 800. The van der Waals surface area contributed by atoms with E-state index in [1.807, 2.05) is 42.5 Å². The number of para-hydroxylation sites is 3. The lowest BCUT2D eigenvalue weighted by Crippen LogP contribution is -2.41. The van der Waals surface area contributed by atoms with Gasteiger partial charge in [-0.15, -0.1) is 0 Å². The van der Waals surface area contributed by atoms with Crippen LogP contribution < -0.4 is 10.1 Å². The first kappa shape index (κ1) is 19.0. The number of unbranched alkanes of at least 4 members (excludes halogenated alkanes) is 1. The molecule has 0 aliphatic heterocycles. The Morgan fingerprint density at radius 1 is 1.07 bits per heavy atom. The zero-order valence-corrected chi connectivity index (χ0v) is 15.9. The Morgan fingerprint density at radius 2 is 1.74 bits per heavy atom. The van der Waals surface area contributed by atoms with Gasteiger partial charge in [-0.2, -0.15) is 0 Å². The van der Waals surface area contributed by atoms with Crippen LogP contribution in [0.2, 0.25) is 0 Å². The van der Waals surface area contributed by atoms with Crippen molar-refractivity contribution < 1.29 is 14.3 Å². The second kappa shape index (κ2) is 8.25. The number of benzene rings is 2. The van der Waals surface area contributed by atoms with E-state index in [0.29, 0.717) is 36.6 Å². The van der Waals surface area contributed by atoms with Gasteiger partial charge in [0.25, 0.3) is 0 Å². The average molecular weight is 366 g/mol. The molecule has 0 radical (unpaired) electrons. The highest BCUT2D eigenvalue weighted by atomic mass is 16.5. The molecule has 27 heavy (non-hydrogen) atoms. The Morgan fingerprint density at radius 3 is 2.41 bits per heavy atom. The van der Waals surface area contributed by atoms with Crippen LogP contribution in [0.4, 0.5) is 5.69 Å². The van der Waals surface area contributed by atoms with Gasteiger partial charge >= 0.3 is 0 Å². The summed E-state index contributed by atoms with van der Waals surface area (Å²) in [5, 5.41) is 2.91. The highest BCUT2D eigenvalue weighted by Gasteiger charge is 2.57. The van der Waals surface area contributed by atoms with Gasteiger partial charge in [0.2, 0.25) is 11.8 Å². The molecule has 1 saturated carbocycles. The maximum absolute atomic E-state index is 12.9. The lowest BCUT2D eigenvalue weighted by atomic mass is 10.0. The van der Waals surface area contributed by atoms with E-state index in [4.69, 9.17) is 4.74 Å². The van der Waals surface area contributed by atoms with Gasteiger partial charge in [0.05, 0.1) is 5.69 Å². The number of nitrogens with zero attached hydrogens (tertiary/aromatic N) is 1. The predicted octanol–water partition coefficient (Wildman–Crippen LogP) is 4.46. The highest BCUT2D eigenvalue weighted by Crippen LogP contribution is 2.48. The molecule has 0 unspecified atom stereocenters. The van der Waals surface area contributed by atoms with Crippen molar-refractivity contribution in [3.63, 3.8) is 0 Å². The summed E-state index contributed by atoms with van der Waals surface area (Å²) in [7, 11) is 1.78. The van der Waals surface area contributed by atoms with E-state index in [0.717, 1.165) is 12.8 Å². The minimum absolute atomic E-state index is 0.0880. The third-order valence-electron chi connectivity index (χ3n) is 4.89. The maximum Gasteiger partial charge on any atom is 0.240 e. The van der Waals surface area contributed by atoms with Gasteiger partial charge in [0, 0.05) is 13.6 Å². The summed E-state index contributed by atoms with van der Waals surface area (Å²) in [6.45, 7) is 2.76. The van der Waals surface area contributed by atoms with Gasteiger partial charge < -0.3 is 15.0 Å². The van der Waals surface area contributed by atoms with Gasteiger partial charge in [0.1, 0.15) is 11.2 Å². The van der Waals surface area contributed by atoms with Crippen molar-refractivity contribution in [3.8, 4) is 11.5 Å². The van der Waals surface area contributed by atoms with Crippen molar-refractivity contribution >= 4 is 17.5 Å². The molecule has 0 heterocycles. The van der Waals surface area contributed by atoms with Gasteiger partial charge in [0.15, 0.2) is 5.75 Å². The summed E-state index contributed by atoms with van der Waals surface area (Å²) < 4.78 is 5.89. The molecule has 142 valence electrons. The van der Waals surface area contributed by atoms with Crippen LogP contribution >= 0.6 is 0 Å². The van der Waals surface area contributed by atoms with Crippen molar-refractivity contribution in [1.29, 1.82) is 0 Å². The van der Waals surface area contributed by atoms with Gasteiger partial charge in [-0.05, 0) is 43.5 Å². The van der Waals surface area contributed by atoms with Crippen LogP contribution in [0.25, 0.3) is 0 Å². The summed E-state index contributed by atoms with van der Waals surface area (Å²) in [6.07, 6.45) is 3.14. The fraction of sp³-hybridized carbons (Fsp3) is 0.364. The molecule has 1 aliphatic rings. The molecule has 0 bridgehead atoms. The van der Waals surface area contributed by atoms with Crippen molar-refractivity contribution in [1.82, 2.24) is 4.90 Å². The highest BCUT2D eigenvalue weighted by molar-refractivity contribution is 6.13. The molecule has 0 spiro atoms. The SMILES string of the molecule is CCCCN(C)C(=O)C1(C(=O)Nc2ccccc2Oc2ccccc2)CC1. The third kappa shape index (κ3) is 4.30. The number of nitrogens with one attached hydrogen (secondary N) is 1. The van der Waals surface area contributed by atoms with Crippen molar-refractivity contribution in [3.05, 3.63) is 54.6 Å². The van der Waals surface area contributed by atoms with Crippen LogP contribution in [-0.2, 0) is 9.59 Å². The lowest BCUT2D eigenvalue weighted by Gasteiger charge is -2.23. The summed E-state index contributed by atoms with van der Waals surface area (Å²) in [5.41, 5.74) is -0.357. The molecule has 5 heteroatoms. The standard InChI is InChI=1S/C22H26N2O3/c1-3-4-16-24(2)21(26)22(14-15-22)20(25)23-18-12-8-9-13-19(18)27-17-10-6-5-7-11-17/h5-13H,3-4,14-16H2,1-2H3,(H,23,25). The van der Waals surface area contributed by atoms with E-state index in [1.165, 1.54) is 0 Å². The summed E-state index contributed by atoms with van der Waals surface area (Å²) in [6, 6.07) is 16.7. The monoisotopic (exact) mass is 366 g/mol. The van der Waals surface area contributed by atoms with Crippen LogP contribution in [0.1, 0.15) is 32.6 Å². The minimum atomic E-state index is -0.928. The fourth-order valence-corrected chi connectivity index (χ4v) is 3.04. The first-order valence-corrected chi connectivity index (χ1v) is 9.46. The number of hydrogen-bond acceptors (Lipinski definition) is 3. The molecule has 0 atom stereocenters. The van der Waals surface area contributed by atoms with Crippen LogP contribution in [0.3, 0.4) is 0 Å². The predicted molar refractivity (Wildman–Crippen MR) is 106 cm³/mol. The molecular weight excluding hydrogens is 340 g/mol. The molecule has 1 N–H and O–H groups in total. The number of carbonyl (C=O) groups excluding carboxylic acids is 2. The molecule has 2 amide bonds. The fourth-order valence-electron chi connectivity index (χ4n) is 3.04. The topological polar surface area (TPSA) is 58.6 Å². The number of carbonyl (C=O) groups is 2. The normalized spacial score (nSPS) is 14.3. The Kier molecular flexibility index (Phi) is 5.79. The third-order valence-corrected chi connectivity index (χ3v) is 4.89.